The lowest BCUT2D eigenvalue weighted by molar-refractivity contribution is 0.0115. The zero-order chi connectivity index (χ0) is 26.1. The number of anilines is 3. The molecule has 6 rings (SSSR count). The molecule has 202 valence electrons. The molecule has 0 aromatic carbocycles. The van der Waals surface area contributed by atoms with E-state index < -0.39 is 0 Å². The van der Waals surface area contributed by atoms with Crippen LogP contribution in [0.25, 0.3) is 10.1 Å². The van der Waals surface area contributed by atoms with Gasteiger partial charge in [0.25, 0.3) is 5.91 Å². The van der Waals surface area contributed by atoms with Crippen LogP contribution in [0.4, 0.5) is 17.5 Å². The molecule has 2 aliphatic heterocycles. The minimum atomic E-state index is 0.0815. The number of amides is 1. The predicted molar refractivity (Wildman–Crippen MR) is 152 cm³/mol. The molecular weight excluding hydrogens is 498 g/mol. The Morgan fingerprint density at radius 2 is 1.71 bits per heavy atom. The molecule has 3 fully saturated rings. The number of morpholine rings is 1. The predicted octanol–water partition coefficient (Wildman–Crippen LogP) is 4.49. The van der Waals surface area contributed by atoms with Crippen LogP contribution in [0.15, 0.2) is 24.7 Å². The van der Waals surface area contributed by atoms with Gasteiger partial charge in [0.15, 0.2) is 0 Å². The third-order valence-electron chi connectivity index (χ3n) is 8.22. The van der Waals surface area contributed by atoms with E-state index in [2.05, 4.69) is 31.2 Å². The van der Waals surface area contributed by atoms with Crippen molar-refractivity contribution in [1.29, 1.82) is 0 Å². The maximum atomic E-state index is 13.0. The van der Waals surface area contributed by atoms with Crippen molar-refractivity contribution in [3.63, 3.8) is 0 Å². The second kappa shape index (κ2) is 11.1. The highest BCUT2D eigenvalue weighted by Crippen LogP contribution is 2.44. The maximum Gasteiger partial charge on any atom is 0.263 e. The number of nitrogens with one attached hydrogen (secondary N) is 1. The third kappa shape index (κ3) is 5.21. The summed E-state index contributed by atoms with van der Waals surface area (Å²) in [5.74, 6) is 2.84. The number of carbonyl (C=O) groups is 1. The molecular formula is C28H37N7O2S. The summed E-state index contributed by atoms with van der Waals surface area (Å²) in [6, 6.07) is 2.72. The SMILES string of the molecule is CN(C)C(=O)c1sc2cnc(Nc3cnc(N4CCC(N5CCOCC5)CC4)cn3)cc2c1C1CCCC1. The first kappa shape index (κ1) is 25.5. The van der Waals surface area contributed by atoms with E-state index in [0.717, 1.165) is 91.7 Å². The van der Waals surface area contributed by atoms with Gasteiger partial charge in [-0.15, -0.1) is 11.3 Å². The van der Waals surface area contributed by atoms with E-state index in [9.17, 15) is 4.79 Å². The number of carbonyl (C=O) groups excluding carboxylic acids is 1. The molecule has 1 amide bonds. The lowest BCUT2D eigenvalue weighted by Gasteiger charge is -2.40. The van der Waals surface area contributed by atoms with E-state index in [1.54, 1.807) is 22.4 Å². The third-order valence-corrected chi connectivity index (χ3v) is 9.37. The molecule has 0 spiro atoms. The van der Waals surface area contributed by atoms with Crippen LogP contribution in [0.2, 0.25) is 0 Å². The Balaban J connectivity index is 1.16. The van der Waals surface area contributed by atoms with Crippen molar-refractivity contribution in [2.45, 2.75) is 50.5 Å². The van der Waals surface area contributed by atoms with Gasteiger partial charge in [-0.25, -0.2) is 15.0 Å². The first-order valence-electron chi connectivity index (χ1n) is 13.9. The molecule has 0 bridgehead atoms. The Hall–Kier alpha value is -2.82. The number of hydrogen-bond acceptors (Lipinski definition) is 9. The second-order valence-corrected chi connectivity index (χ2v) is 11.9. The standard InChI is InChI=1S/C28H37N7O2S/c1-33(2)28(36)27-26(19-5-3-4-6-19)21-15-23(29-16-22(21)38-27)32-24-17-31-25(18-30-24)35-9-7-20(8-10-35)34-11-13-37-14-12-34/h15-20H,3-14H2,1-2H3,(H,29,30,32). The fourth-order valence-corrected chi connectivity index (χ4v) is 7.42. The van der Waals surface area contributed by atoms with E-state index in [1.807, 2.05) is 26.5 Å². The normalized spacial score (nSPS) is 19.8. The van der Waals surface area contributed by atoms with Crippen LogP contribution < -0.4 is 10.2 Å². The number of piperidine rings is 1. The minimum Gasteiger partial charge on any atom is -0.379 e. The summed E-state index contributed by atoms with van der Waals surface area (Å²) in [5.41, 5.74) is 1.20. The van der Waals surface area contributed by atoms with Gasteiger partial charge < -0.3 is 19.9 Å². The number of aromatic nitrogens is 3. The van der Waals surface area contributed by atoms with E-state index in [0.29, 0.717) is 17.8 Å². The van der Waals surface area contributed by atoms with Gasteiger partial charge in [-0.3, -0.25) is 9.69 Å². The molecule has 0 radical (unpaired) electrons. The van der Waals surface area contributed by atoms with Gasteiger partial charge >= 0.3 is 0 Å². The molecule has 3 aliphatic rings. The molecule has 0 atom stereocenters. The first-order valence-corrected chi connectivity index (χ1v) is 14.7. The van der Waals surface area contributed by atoms with Crippen LogP contribution in [0, 0.1) is 0 Å². The summed E-state index contributed by atoms with van der Waals surface area (Å²) in [7, 11) is 3.65. The van der Waals surface area contributed by atoms with Gasteiger partial charge in [0.1, 0.15) is 17.5 Å². The van der Waals surface area contributed by atoms with Crippen LogP contribution in [-0.2, 0) is 4.74 Å². The molecule has 5 heterocycles. The van der Waals surface area contributed by atoms with Gasteiger partial charge in [-0.1, -0.05) is 12.8 Å². The highest BCUT2D eigenvalue weighted by Gasteiger charge is 2.29. The van der Waals surface area contributed by atoms with Crippen LogP contribution >= 0.6 is 11.3 Å². The first-order chi connectivity index (χ1) is 18.6. The number of fused-ring (bicyclic) bond motifs is 1. The maximum absolute atomic E-state index is 13.0. The quantitative estimate of drug-likeness (QED) is 0.494. The van der Waals surface area contributed by atoms with E-state index in [1.165, 1.54) is 18.4 Å². The van der Waals surface area contributed by atoms with Crippen molar-refractivity contribution >= 4 is 44.8 Å². The minimum absolute atomic E-state index is 0.0815. The Morgan fingerprint density at radius 3 is 2.39 bits per heavy atom. The zero-order valence-corrected chi connectivity index (χ0v) is 23.2. The number of rotatable bonds is 6. The van der Waals surface area contributed by atoms with Gasteiger partial charge in [-0.05, 0) is 43.2 Å². The summed E-state index contributed by atoms with van der Waals surface area (Å²) < 4.78 is 6.57. The molecule has 1 N–H and O–H groups in total. The Morgan fingerprint density at radius 1 is 0.974 bits per heavy atom. The molecule has 38 heavy (non-hydrogen) atoms. The van der Waals surface area contributed by atoms with Gasteiger partial charge in [-0.2, -0.15) is 0 Å². The Bertz CT molecular complexity index is 1260. The van der Waals surface area contributed by atoms with Crippen molar-refractivity contribution in [2.24, 2.45) is 0 Å². The monoisotopic (exact) mass is 535 g/mol. The molecule has 2 saturated heterocycles. The van der Waals surface area contributed by atoms with Crippen LogP contribution in [-0.4, -0.2) is 90.2 Å². The van der Waals surface area contributed by atoms with Crippen molar-refractivity contribution in [3.05, 3.63) is 35.1 Å². The molecule has 9 nitrogen and oxygen atoms in total. The summed E-state index contributed by atoms with van der Waals surface area (Å²) >= 11 is 1.56. The summed E-state index contributed by atoms with van der Waals surface area (Å²) in [6.45, 7) is 5.80. The van der Waals surface area contributed by atoms with Crippen molar-refractivity contribution in [2.75, 3.05) is 63.7 Å². The summed E-state index contributed by atoms with van der Waals surface area (Å²) in [5, 5.41) is 4.48. The highest BCUT2D eigenvalue weighted by atomic mass is 32.1. The molecule has 3 aromatic rings. The Labute approximate surface area is 228 Å². The van der Waals surface area contributed by atoms with Crippen molar-refractivity contribution in [3.8, 4) is 0 Å². The zero-order valence-electron chi connectivity index (χ0n) is 22.4. The van der Waals surface area contributed by atoms with E-state index in [4.69, 9.17) is 9.72 Å². The van der Waals surface area contributed by atoms with E-state index >= 15 is 0 Å². The smallest absolute Gasteiger partial charge is 0.263 e. The Kier molecular flexibility index (Phi) is 7.45. The highest BCUT2D eigenvalue weighted by molar-refractivity contribution is 7.21. The van der Waals surface area contributed by atoms with Crippen LogP contribution in [0.5, 0.6) is 0 Å². The number of hydrogen-bond donors (Lipinski definition) is 1. The average Bonchev–Trinajstić information content (AvgIpc) is 3.61. The summed E-state index contributed by atoms with van der Waals surface area (Å²) in [6.07, 6.45) is 12.6. The molecule has 1 saturated carbocycles. The fourth-order valence-electron chi connectivity index (χ4n) is 6.16. The molecule has 3 aromatic heterocycles. The number of ether oxygens (including phenoxy) is 1. The fraction of sp³-hybridized carbons (Fsp3) is 0.571. The van der Waals surface area contributed by atoms with Gasteiger partial charge in [0, 0.05) is 57.9 Å². The molecule has 10 heteroatoms. The van der Waals surface area contributed by atoms with Crippen LogP contribution in [0.3, 0.4) is 0 Å². The van der Waals surface area contributed by atoms with Crippen LogP contribution in [0.1, 0.15) is 59.7 Å². The van der Waals surface area contributed by atoms with E-state index in [-0.39, 0.29) is 5.91 Å². The number of nitrogens with zero attached hydrogens (tertiary/aromatic N) is 6. The van der Waals surface area contributed by atoms with Crippen molar-refractivity contribution < 1.29 is 9.53 Å². The molecule has 0 unspecified atom stereocenters. The lowest BCUT2D eigenvalue weighted by atomic mass is 9.94. The van der Waals surface area contributed by atoms with Gasteiger partial charge in [0.2, 0.25) is 0 Å². The lowest BCUT2D eigenvalue weighted by Crippen LogP contribution is -2.49. The topological polar surface area (TPSA) is 86.7 Å². The number of thiophene rings is 1. The van der Waals surface area contributed by atoms with Crippen molar-refractivity contribution in [1.82, 2.24) is 24.8 Å². The van der Waals surface area contributed by atoms with Gasteiger partial charge in [0.05, 0.1) is 35.2 Å². The molecule has 1 aliphatic carbocycles. The average molecular weight is 536 g/mol. The number of pyridine rings is 1. The largest absolute Gasteiger partial charge is 0.379 e. The summed E-state index contributed by atoms with van der Waals surface area (Å²) in [4.78, 5) is 34.5. The second-order valence-electron chi connectivity index (χ2n) is 10.8.